The van der Waals surface area contributed by atoms with E-state index in [0.29, 0.717) is 5.56 Å². The van der Waals surface area contributed by atoms with Gasteiger partial charge in [0.15, 0.2) is 11.6 Å². The number of carbonyl (C=O) groups excluding carboxylic acids is 2. The Morgan fingerprint density at radius 1 is 1.23 bits per heavy atom. The van der Waals surface area contributed by atoms with Gasteiger partial charge >= 0.3 is 0 Å². The number of aromatic nitrogens is 1. The summed E-state index contributed by atoms with van der Waals surface area (Å²) in [6, 6.07) is 2.88. The zero-order valence-electron chi connectivity index (χ0n) is 7.30. The zero-order chi connectivity index (χ0) is 10.0. The average molecular weight is 198 g/mol. The molecule has 0 spiro atoms. The second-order valence-electron chi connectivity index (χ2n) is 2.68. The van der Waals surface area contributed by atoms with Crippen LogP contribution in [0.1, 0.15) is 34.7 Å². The van der Waals surface area contributed by atoms with Gasteiger partial charge in [0.2, 0.25) is 0 Å². The Morgan fingerprint density at radius 3 is 2.31 bits per heavy atom. The fourth-order valence-electron chi connectivity index (χ4n) is 0.881. The summed E-state index contributed by atoms with van der Waals surface area (Å²) in [5, 5.41) is 0.165. The van der Waals surface area contributed by atoms with Crippen LogP contribution in [0.5, 0.6) is 0 Å². The second-order valence-corrected chi connectivity index (χ2v) is 3.06. The quantitative estimate of drug-likeness (QED) is 0.539. The molecule has 0 saturated carbocycles. The van der Waals surface area contributed by atoms with E-state index in [9.17, 15) is 9.59 Å². The summed E-state index contributed by atoms with van der Waals surface area (Å²) >= 11 is 5.62. The summed E-state index contributed by atoms with van der Waals surface area (Å²) in [5.41, 5.74) is 0.628. The molecule has 68 valence electrons. The summed E-state index contributed by atoms with van der Waals surface area (Å²) in [6.45, 7) is 2.79. The van der Waals surface area contributed by atoms with Gasteiger partial charge in [0.05, 0.1) is 0 Å². The molecule has 1 rings (SSSR count). The van der Waals surface area contributed by atoms with Crippen LogP contribution in [0.15, 0.2) is 12.1 Å². The van der Waals surface area contributed by atoms with E-state index in [-0.39, 0.29) is 22.4 Å². The third kappa shape index (κ3) is 2.36. The van der Waals surface area contributed by atoms with Crippen molar-refractivity contribution in [1.82, 2.24) is 4.98 Å². The molecule has 0 aliphatic carbocycles. The van der Waals surface area contributed by atoms with E-state index in [2.05, 4.69) is 4.98 Å². The molecule has 0 fully saturated rings. The van der Waals surface area contributed by atoms with Crippen molar-refractivity contribution in [3.63, 3.8) is 0 Å². The number of carbonyl (C=O) groups is 2. The first kappa shape index (κ1) is 9.86. The first-order valence-corrected chi connectivity index (χ1v) is 4.08. The molecule has 1 aromatic rings. The fourth-order valence-corrected chi connectivity index (χ4v) is 1.09. The molecule has 0 aromatic carbocycles. The Morgan fingerprint density at radius 2 is 1.85 bits per heavy atom. The highest BCUT2D eigenvalue weighted by molar-refractivity contribution is 6.30. The molecular formula is C9H8ClNO2. The van der Waals surface area contributed by atoms with Gasteiger partial charge in [-0.25, -0.2) is 4.98 Å². The lowest BCUT2D eigenvalue weighted by molar-refractivity contribution is 0.101. The monoisotopic (exact) mass is 197 g/mol. The Bertz CT molecular complexity index is 342. The molecule has 1 heterocycles. The van der Waals surface area contributed by atoms with Gasteiger partial charge in [-0.05, 0) is 19.1 Å². The van der Waals surface area contributed by atoms with Crippen LogP contribution in [-0.2, 0) is 0 Å². The van der Waals surface area contributed by atoms with Gasteiger partial charge in [0.1, 0.15) is 10.8 Å². The number of halogens is 1. The highest BCUT2D eigenvalue weighted by atomic mass is 35.5. The molecule has 1 aromatic heterocycles. The number of nitrogens with zero attached hydrogens (tertiary/aromatic N) is 1. The first-order valence-electron chi connectivity index (χ1n) is 3.70. The van der Waals surface area contributed by atoms with Crippen molar-refractivity contribution >= 4 is 23.2 Å². The normalized spacial score (nSPS) is 9.77. The highest BCUT2D eigenvalue weighted by Gasteiger charge is 2.07. The molecule has 3 nitrogen and oxygen atoms in total. The molecular weight excluding hydrogens is 190 g/mol. The fraction of sp³-hybridized carbons (Fsp3) is 0.222. The molecule has 0 amide bonds. The van der Waals surface area contributed by atoms with Crippen LogP contribution in [0.3, 0.4) is 0 Å². The van der Waals surface area contributed by atoms with E-state index in [1.165, 1.54) is 26.0 Å². The van der Waals surface area contributed by atoms with Crippen LogP contribution < -0.4 is 0 Å². The largest absolute Gasteiger partial charge is 0.295 e. The SMILES string of the molecule is CC(=O)c1cc(Cl)nc(C(C)=O)c1. The van der Waals surface area contributed by atoms with E-state index in [1.54, 1.807) is 0 Å². The van der Waals surface area contributed by atoms with Crippen molar-refractivity contribution in [3.8, 4) is 0 Å². The van der Waals surface area contributed by atoms with Gasteiger partial charge < -0.3 is 0 Å². The van der Waals surface area contributed by atoms with E-state index in [0.717, 1.165) is 0 Å². The van der Waals surface area contributed by atoms with Crippen LogP contribution >= 0.6 is 11.6 Å². The minimum Gasteiger partial charge on any atom is -0.295 e. The second kappa shape index (κ2) is 3.66. The molecule has 0 radical (unpaired) electrons. The van der Waals surface area contributed by atoms with Crippen LogP contribution in [0, 0.1) is 0 Å². The summed E-state index contributed by atoms with van der Waals surface area (Å²) < 4.78 is 0. The number of rotatable bonds is 2. The Kier molecular flexibility index (Phi) is 2.78. The first-order chi connectivity index (χ1) is 6.00. The summed E-state index contributed by atoms with van der Waals surface area (Å²) in [6.07, 6.45) is 0. The molecule has 4 heteroatoms. The number of pyridine rings is 1. The van der Waals surface area contributed by atoms with Gasteiger partial charge in [-0.1, -0.05) is 11.6 Å². The van der Waals surface area contributed by atoms with Crippen molar-refractivity contribution < 1.29 is 9.59 Å². The van der Waals surface area contributed by atoms with Gasteiger partial charge in [-0.15, -0.1) is 0 Å². The van der Waals surface area contributed by atoms with Gasteiger partial charge in [0.25, 0.3) is 0 Å². The maximum Gasteiger partial charge on any atom is 0.178 e. The van der Waals surface area contributed by atoms with Gasteiger partial charge in [-0.3, -0.25) is 9.59 Å². The number of ketones is 2. The van der Waals surface area contributed by atoms with Crippen molar-refractivity contribution in [2.75, 3.05) is 0 Å². The lowest BCUT2D eigenvalue weighted by atomic mass is 10.1. The molecule has 0 atom stereocenters. The molecule has 0 bridgehead atoms. The van der Waals surface area contributed by atoms with Crippen LogP contribution in [0.2, 0.25) is 5.15 Å². The van der Waals surface area contributed by atoms with Crippen molar-refractivity contribution in [2.45, 2.75) is 13.8 Å². The molecule has 0 aliphatic rings. The van der Waals surface area contributed by atoms with Gasteiger partial charge in [-0.2, -0.15) is 0 Å². The lowest BCUT2D eigenvalue weighted by Crippen LogP contribution is -2.01. The number of hydrogen-bond donors (Lipinski definition) is 0. The summed E-state index contributed by atoms with van der Waals surface area (Å²) in [5.74, 6) is -0.336. The van der Waals surface area contributed by atoms with E-state index >= 15 is 0 Å². The third-order valence-electron chi connectivity index (χ3n) is 1.56. The van der Waals surface area contributed by atoms with Gasteiger partial charge in [0, 0.05) is 12.5 Å². The Balaban J connectivity index is 3.26. The van der Waals surface area contributed by atoms with E-state index < -0.39 is 0 Å². The minimum absolute atomic E-state index is 0.133. The maximum absolute atomic E-state index is 11.0. The Hall–Kier alpha value is -1.22. The van der Waals surface area contributed by atoms with E-state index in [1.807, 2.05) is 0 Å². The topological polar surface area (TPSA) is 47.0 Å². The molecule has 0 saturated heterocycles. The van der Waals surface area contributed by atoms with Crippen molar-refractivity contribution in [1.29, 1.82) is 0 Å². The lowest BCUT2D eigenvalue weighted by Gasteiger charge is -1.99. The molecule has 13 heavy (non-hydrogen) atoms. The predicted octanol–water partition coefficient (Wildman–Crippen LogP) is 2.14. The van der Waals surface area contributed by atoms with Crippen LogP contribution in [-0.4, -0.2) is 16.6 Å². The number of hydrogen-bond acceptors (Lipinski definition) is 3. The molecule has 0 aliphatic heterocycles. The Labute approximate surface area is 80.7 Å². The smallest absolute Gasteiger partial charge is 0.178 e. The summed E-state index contributed by atoms with van der Waals surface area (Å²) in [4.78, 5) is 25.7. The van der Waals surface area contributed by atoms with E-state index in [4.69, 9.17) is 11.6 Å². The predicted molar refractivity (Wildman–Crippen MR) is 49.3 cm³/mol. The molecule has 0 unspecified atom stereocenters. The highest BCUT2D eigenvalue weighted by Crippen LogP contribution is 2.11. The van der Waals surface area contributed by atoms with Crippen LogP contribution in [0.4, 0.5) is 0 Å². The minimum atomic E-state index is -0.204. The maximum atomic E-state index is 11.0. The molecule has 0 N–H and O–H groups in total. The third-order valence-corrected chi connectivity index (χ3v) is 1.75. The summed E-state index contributed by atoms with van der Waals surface area (Å²) in [7, 11) is 0. The van der Waals surface area contributed by atoms with Crippen molar-refractivity contribution in [3.05, 3.63) is 28.5 Å². The zero-order valence-corrected chi connectivity index (χ0v) is 8.05. The van der Waals surface area contributed by atoms with Crippen molar-refractivity contribution in [2.24, 2.45) is 0 Å². The number of Topliss-reactive ketones (excluding diaryl/α,β-unsaturated/α-hetero) is 2. The average Bonchev–Trinajstić information content (AvgIpc) is 2.03. The standard InChI is InChI=1S/C9H8ClNO2/c1-5(12)7-3-8(6(2)13)11-9(10)4-7/h3-4H,1-2H3. The van der Waals surface area contributed by atoms with Crippen LogP contribution in [0.25, 0.3) is 0 Å².